The Morgan fingerprint density at radius 2 is 1.75 bits per heavy atom. The summed E-state index contributed by atoms with van der Waals surface area (Å²) in [6, 6.07) is 22.7. The largest absolute Gasteiger partial charge is 0.496 e. The van der Waals surface area contributed by atoms with E-state index in [0.717, 1.165) is 29.5 Å². The highest BCUT2D eigenvalue weighted by Crippen LogP contribution is 2.61. The predicted molar refractivity (Wildman–Crippen MR) is 206 cm³/mol. The van der Waals surface area contributed by atoms with Gasteiger partial charge in [-0.1, -0.05) is 81.4 Å². The summed E-state index contributed by atoms with van der Waals surface area (Å²) in [6.07, 6.45) is 1.25. The van der Waals surface area contributed by atoms with Gasteiger partial charge in [0, 0.05) is 41.2 Å². The quantitative estimate of drug-likeness (QED) is 0.185. The van der Waals surface area contributed by atoms with Crippen LogP contribution in [0.25, 0.3) is 11.1 Å². The van der Waals surface area contributed by atoms with Gasteiger partial charge in [-0.2, -0.15) is 5.06 Å². The molecule has 2 bridgehead atoms. The molecule has 286 valence electrons. The number of amides is 2. The van der Waals surface area contributed by atoms with Crippen LogP contribution < -0.4 is 15.4 Å². The fraction of sp³-hybridized carbons (Fsp3) is 0.535. The second kappa shape index (κ2) is 16.3. The number of benzene rings is 3. The van der Waals surface area contributed by atoms with Crippen molar-refractivity contribution < 1.29 is 29.4 Å². The van der Waals surface area contributed by atoms with Crippen molar-refractivity contribution in [3.05, 3.63) is 89.5 Å². The van der Waals surface area contributed by atoms with Crippen molar-refractivity contribution in [2.75, 3.05) is 34.4 Å². The maximum atomic E-state index is 14.2. The van der Waals surface area contributed by atoms with Gasteiger partial charge in [0.05, 0.1) is 26.4 Å². The average Bonchev–Trinajstić information content (AvgIpc) is 3.51. The van der Waals surface area contributed by atoms with Gasteiger partial charge >= 0.3 is 0 Å². The Hall–Kier alpha value is -3.80. The summed E-state index contributed by atoms with van der Waals surface area (Å²) in [6.45, 7) is 9.15. The van der Waals surface area contributed by atoms with E-state index in [-0.39, 0.29) is 37.0 Å². The van der Waals surface area contributed by atoms with Gasteiger partial charge in [0.2, 0.25) is 5.91 Å². The number of rotatable bonds is 14. The molecule has 3 aromatic rings. The molecule has 4 fully saturated rings. The Kier molecular flexibility index (Phi) is 12.0. The van der Waals surface area contributed by atoms with Gasteiger partial charge < -0.3 is 30.5 Å². The van der Waals surface area contributed by atoms with E-state index in [1.165, 1.54) is 12.0 Å². The van der Waals surface area contributed by atoms with E-state index >= 15 is 0 Å². The average molecular weight is 727 g/mol. The number of aliphatic hydroxyl groups excluding tert-OH is 2. The second-order valence-corrected chi connectivity index (χ2v) is 16.4. The fourth-order valence-electron chi connectivity index (χ4n) is 9.40. The van der Waals surface area contributed by atoms with E-state index in [2.05, 4.69) is 48.4 Å². The third-order valence-corrected chi connectivity index (χ3v) is 12.4. The highest BCUT2D eigenvalue weighted by molar-refractivity contribution is 5.95. The topological polar surface area (TPSA) is 124 Å². The summed E-state index contributed by atoms with van der Waals surface area (Å²) in [5, 5.41) is 29.4. The number of nitrogens with one attached hydrogen (secondary N) is 2. The summed E-state index contributed by atoms with van der Waals surface area (Å²) in [7, 11) is 5.62. The number of para-hydroxylation sites is 1. The molecule has 3 saturated carbocycles. The van der Waals surface area contributed by atoms with Crippen LogP contribution in [0, 0.1) is 29.1 Å². The molecule has 3 aliphatic carbocycles. The summed E-state index contributed by atoms with van der Waals surface area (Å²) in [5.74, 6) is 1.16. The molecule has 2 amide bonds. The van der Waals surface area contributed by atoms with Gasteiger partial charge in [0.25, 0.3) is 5.91 Å². The second-order valence-electron chi connectivity index (χ2n) is 16.4. The molecule has 1 saturated heterocycles. The number of nitrogens with zero attached hydrogens (tertiary/aromatic N) is 2. The number of hydrogen-bond donors (Lipinski definition) is 4. The van der Waals surface area contributed by atoms with Crippen LogP contribution in [0.2, 0.25) is 0 Å². The predicted octanol–water partition coefficient (Wildman–Crippen LogP) is 4.93. The van der Waals surface area contributed by atoms with Crippen LogP contribution in [-0.4, -0.2) is 96.7 Å². The zero-order valence-corrected chi connectivity index (χ0v) is 32.3. The third-order valence-electron chi connectivity index (χ3n) is 12.4. The Morgan fingerprint density at radius 1 is 1.04 bits per heavy atom. The molecule has 10 nitrogen and oxygen atoms in total. The van der Waals surface area contributed by atoms with Crippen LogP contribution in [0.15, 0.2) is 72.8 Å². The van der Waals surface area contributed by atoms with E-state index < -0.39 is 24.2 Å². The summed E-state index contributed by atoms with van der Waals surface area (Å²) in [4.78, 5) is 35.9. The summed E-state index contributed by atoms with van der Waals surface area (Å²) in [5.41, 5.74) is 4.51. The van der Waals surface area contributed by atoms with Crippen molar-refractivity contribution >= 4 is 11.8 Å². The summed E-state index contributed by atoms with van der Waals surface area (Å²) < 4.78 is 5.99. The SMILES string of the molecule is COc1c(CN2O[C@@H](CO)[C@H]([C@H](C)O)[C@H]2C(=O)N[C@H]2C[C@H]3C[C@H]([C@@H]2C)C3(C)C)cccc1-c1ccc(C(=O)N[C@@H](Cc2ccccc2)CN(C)C)cc1. The number of likely N-dealkylation sites (N-methyl/N-ethyl adjacent to an activating group) is 1. The molecule has 0 spiro atoms. The number of carbonyl (C=O) groups excluding carboxylic acids is 2. The first kappa shape index (κ1) is 38.9. The van der Waals surface area contributed by atoms with Crippen LogP contribution in [-0.2, 0) is 22.6 Å². The zero-order valence-electron chi connectivity index (χ0n) is 32.3. The van der Waals surface area contributed by atoms with Gasteiger partial charge in [-0.05, 0) is 86.7 Å². The van der Waals surface area contributed by atoms with E-state index in [0.29, 0.717) is 41.0 Å². The molecule has 10 heteroatoms. The molecule has 0 aromatic heterocycles. The molecule has 4 aliphatic rings. The first-order chi connectivity index (χ1) is 25.3. The third kappa shape index (κ3) is 8.17. The number of hydroxylamine groups is 2. The molecule has 1 aliphatic heterocycles. The first-order valence-electron chi connectivity index (χ1n) is 19.1. The van der Waals surface area contributed by atoms with Gasteiger partial charge in [0.15, 0.2) is 0 Å². The van der Waals surface area contributed by atoms with E-state index in [4.69, 9.17) is 9.57 Å². The Morgan fingerprint density at radius 3 is 2.36 bits per heavy atom. The number of ether oxygens (including phenoxy) is 1. The molecule has 0 unspecified atom stereocenters. The smallest absolute Gasteiger partial charge is 0.251 e. The Labute approximate surface area is 314 Å². The maximum Gasteiger partial charge on any atom is 0.251 e. The van der Waals surface area contributed by atoms with E-state index in [9.17, 15) is 19.8 Å². The molecule has 7 rings (SSSR count). The minimum Gasteiger partial charge on any atom is -0.496 e. The number of methoxy groups -OCH3 is 1. The van der Waals surface area contributed by atoms with Gasteiger partial charge in [-0.25, -0.2) is 0 Å². The van der Waals surface area contributed by atoms with Crippen molar-refractivity contribution in [3.63, 3.8) is 0 Å². The Bertz CT molecular complexity index is 1710. The van der Waals surface area contributed by atoms with Gasteiger partial charge in [-0.3, -0.25) is 14.4 Å². The minimum atomic E-state index is -0.885. The number of aliphatic hydroxyl groups is 2. The molecule has 1 heterocycles. The van der Waals surface area contributed by atoms with Crippen LogP contribution in [0.3, 0.4) is 0 Å². The molecule has 4 N–H and O–H groups in total. The monoisotopic (exact) mass is 726 g/mol. The molecular weight excluding hydrogens is 668 g/mol. The lowest BCUT2D eigenvalue weighted by molar-refractivity contribution is -0.183. The molecule has 0 radical (unpaired) electrons. The lowest BCUT2D eigenvalue weighted by Gasteiger charge is -2.62. The highest BCUT2D eigenvalue weighted by atomic mass is 16.7. The van der Waals surface area contributed by atoms with Crippen LogP contribution >= 0.6 is 0 Å². The molecular formula is C43H58N4O6. The lowest BCUT2D eigenvalue weighted by Crippen LogP contribution is -2.62. The maximum absolute atomic E-state index is 14.2. The Balaban J connectivity index is 1.19. The van der Waals surface area contributed by atoms with Crippen molar-refractivity contribution in [2.45, 2.75) is 83.8 Å². The van der Waals surface area contributed by atoms with E-state index in [1.807, 2.05) is 74.8 Å². The lowest BCUT2D eigenvalue weighted by atomic mass is 9.45. The molecule has 3 aromatic carbocycles. The number of carbonyl (C=O) groups is 2. The molecule has 53 heavy (non-hydrogen) atoms. The van der Waals surface area contributed by atoms with Crippen molar-refractivity contribution in [1.82, 2.24) is 20.6 Å². The van der Waals surface area contributed by atoms with Crippen LogP contribution in [0.5, 0.6) is 5.75 Å². The normalized spacial score (nSPS) is 27.5. The van der Waals surface area contributed by atoms with Crippen molar-refractivity contribution in [1.29, 1.82) is 0 Å². The van der Waals surface area contributed by atoms with Crippen molar-refractivity contribution in [2.24, 2.45) is 29.1 Å². The summed E-state index contributed by atoms with van der Waals surface area (Å²) >= 11 is 0. The van der Waals surface area contributed by atoms with Crippen molar-refractivity contribution in [3.8, 4) is 16.9 Å². The standard InChI is InChI=1S/C43H58N4O6/c1-26-35-21-32(43(35,3)4)22-36(26)45-42(51)39-38(27(2)49)37(25-48)53-47(39)23-31-14-11-15-34(40(31)52-7)29-16-18-30(19-17-29)41(50)44-33(24-46(5)6)20-28-12-9-8-10-13-28/h8-19,26-27,32-33,35-39,48-49H,20-25H2,1-7H3,(H,44,50)(H,45,51)/t26-,27-,32+,33-,35+,36-,37-,38-,39-/m0/s1. The van der Waals surface area contributed by atoms with Gasteiger partial charge in [-0.15, -0.1) is 0 Å². The molecule has 9 atom stereocenters. The van der Waals surface area contributed by atoms with Gasteiger partial charge in [0.1, 0.15) is 17.9 Å². The van der Waals surface area contributed by atoms with Crippen LogP contribution in [0.1, 0.15) is 62.0 Å². The highest BCUT2D eigenvalue weighted by Gasteiger charge is 2.57. The first-order valence-corrected chi connectivity index (χ1v) is 19.1. The fourth-order valence-corrected chi connectivity index (χ4v) is 9.40. The zero-order chi connectivity index (χ0) is 38.0. The van der Waals surface area contributed by atoms with Crippen LogP contribution in [0.4, 0.5) is 0 Å². The van der Waals surface area contributed by atoms with E-state index in [1.54, 1.807) is 19.1 Å². The number of fused-ring (bicyclic) bond motifs is 2. The number of hydrogen-bond acceptors (Lipinski definition) is 8. The minimum absolute atomic E-state index is 0.0506.